The zero-order chi connectivity index (χ0) is 20.0. The van der Waals surface area contributed by atoms with Crippen LogP contribution < -0.4 is 15.4 Å². The van der Waals surface area contributed by atoms with Gasteiger partial charge in [-0.25, -0.2) is 0 Å². The topological polar surface area (TPSA) is 111 Å². The van der Waals surface area contributed by atoms with Gasteiger partial charge < -0.3 is 15.4 Å². The SMILES string of the molecule is CCNC(=O)[C@@H](C)NC(=O)c1ccc(Oc2ccc(Cl)cc2[N+](=O)[O-])cc1. The summed E-state index contributed by atoms with van der Waals surface area (Å²) in [7, 11) is 0. The van der Waals surface area contributed by atoms with Gasteiger partial charge in [-0.05, 0) is 50.2 Å². The van der Waals surface area contributed by atoms with Crippen molar-refractivity contribution in [2.75, 3.05) is 6.54 Å². The Bertz CT molecular complexity index is 855. The molecule has 2 aromatic carbocycles. The van der Waals surface area contributed by atoms with E-state index in [9.17, 15) is 19.7 Å². The second-order valence-corrected chi connectivity index (χ2v) is 6.02. The number of ether oxygens (including phenoxy) is 1. The predicted molar refractivity (Wildman–Crippen MR) is 100 cm³/mol. The van der Waals surface area contributed by atoms with E-state index in [1.165, 1.54) is 42.5 Å². The van der Waals surface area contributed by atoms with E-state index in [2.05, 4.69) is 10.6 Å². The summed E-state index contributed by atoms with van der Waals surface area (Å²) < 4.78 is 5.52. The summed E-state index contributed by atoms with van der Waals surface area (Å²) in [6.45, 7) is 3.85. The normalized spacial score (nSPS) is 11.4. The lowest BCUT2D eigenvalue weighted by atomic mass is 10.2. The number of hydrogen-bond acceptors (Lipinski definition) is 5. The van der Waals surface area contributed by atoms with Crippen molar-refractivity contribution < 1.29 is 19.2 Å². The molecule has 0 aliphatic rings. The molecule has 2 aromatic rings. The Balaban J connectivity index is 2.08. The minimum absolute atomic E-state index is 0.0338. The molecule has 2 rings (SSSR count). The zero-order valence-electron chi connectivity index (χ0n) is 14.7. The van der Waals surface area contributed by atoms with Gasteiger partial charge in [0.15, 0.2) is 0 Å². The Labute approximate surface area is 160 Å². The van der Waals surface area contributed by atoms with E-state index >= 15 is 0 Å². The van der Waals surface area contributed by atoms with E-state index in [4.69, 9.17) is 16.3 Å². The highest BCUT2D eigenvalue weighted by atomic mass is 35.5. The van der Waals surface area contributed by atoms with Crippen LogP contribution in [0.25, 0.3) is 0 Å². The highest BCUT2D eigenvalue weighted by Crippen LogP contribution is 2.33. The second-order valence-electron chi connectivity index (χ2n) is 5.59. The number of nitro benzene ring substituents is 1. The molecule has 0 radical (unpaired) electrons. The molecule has 9 heteroatoms. The summed E-state index contributed by atoms with van der Waals surface area (Å²) in [6.07, 6.45) is 0. The molecular weight excluding hydrogens is 374 g/mol. The summed E-state index contributed by atoms with van der Waals surface area (Å²) in [6, 6.07) is 9.40. The number of nitrogens with zero attached hydrogens (tertiary/aromatic N) is 1. The predicted octanol–water partition coefficient (Wildman–Crippen LogP) is 3.29. The number of rotatable bonds is 7. The van der Waals surface area contributed by atoms with Crippen LogP contribution in [0.15, 0.2) is 42.5 Å². The van der Waals surface area contributed by atoms with Crippen LogP contribution in [0.3, 0.4) is 0 Å². The summed E-state index contributed by atoms with van der Waals surface area (Å²) in [4.78, 5) is 34.3. The molecule has 0 saturated heterocycles. The third-order valence-electron chi connectivity index (χ3n) is 3.55. The smallest absolute Gasteiger partial charge is 0.313 e. The van der Waals surface area contributed by atoms with Crippen LogP contribution >= 0.6 is 11.6 Å². The lowest BCUT2D eigenvalue weighted by Gasteiger charge is -2.13. The summed E-state index contributed by atoms with van der Waals surface area (Å²) >= 11 is 5.77. The monoisotopic (exact) mass is 391 g/mol. The van der Waals surface area contributed by atoms with Gasteiger partial charge in [0.05, 0.1) is 4.92 Å². The number of carbonyl (C=O) groups is 2. The van der Waals surface area contributed by atoms with Crippen molar-refractivity contribution >= 4 is 29.1 Å². The largest absolute Gasteiger partial charge is 0.450 e. The van der Waals surface area contributed by atoms with Crippen molar-refractivity contribution in [1.29, 1.82) is 0 Å². The molecule has 0 aromatic heterocycles. The van der Waals surface area contributed by atoms with Crippen molar-refractivity contribution in [3.63, 3.8) is 0 Å². The molecule has 0 fully saturated rings. The van der Waals surface area contributed by atoms with Crippen LogP contribution in [-0.2, 0) is 4.79 Å². The van der Waals surface area contributed by atoms with Gasteiger partial charge in [0, 0.05) is 23.2 Å². The molecular formula is C18H18ClN3O5. The van der Waals surface area contributed by atoms with Gasteiger partial charge in [-0.2, -0.15) is 0 Å². The minimum atomic E-state index is -0.676. The van der Waals surface area contributed by atoms with Crippen LogP contribution in [0.5, 0.6) is 11.5 Å². The lowest BCUT2D eigenvalue weighted by Crippen LogP contribution is -2.44. The van der Waals surface area contributed by atoms with Gasteiger partial charge >= 0.3 is 5.69 Å². The molecule has 8 nitrogen and oxygen atoms in total. The first kappa shape index (κ1) is 20.2. The number of likely N-dealkylation sites (N-methyl/N-ethyl adjacent to an activating group) is 1. The average molecular weight is 392 g/mol. The summed E-state index contributed by atoms with van der Waals surface area (Å²) in [5, 5.41) is 16.5. The first-order valence-electron chi connectivity index (χ1n) is 8.12. The fraction of sp³-hybridized carbons (Fsp3) is 0.222. The van der Waals surface area contributed by atoms with E-state index in [1.54, 1.807) is 13.8 Å². The van der Waals surface area contributed by atoms with Crippen LogP contribution in [0.4, 0.5) is 5.69 Å². The van der Waals surface area contributed by atoms with E-state index in [0.717, 1.165) is 0 Å². The molecule has 0 saturated carbocycles. The Morgan fingerprint density at radius 3 is 2.48 bits per heavy atom. The highest BCUT2D eigenvalue weighted by molar-refractivity contribution is 6.30. The maximum Gasteiger partial charge on any atom is 0.313 e. The van der Waals surface area contributed by atoms with Gasteiger partial charge in [-0.3, -0.25) is 19.7 Å². The molecule has 27 heavy (non-hydrogen) atoms. The van der Waals surface area contributed by atoms with Gasteiger partial charge in [0.25, 0.3) is 5.91 Å². The fourth-order valence-corrected chi connectivity index (χ4v) is 2.36. The van der Waals surface area contributed by atoms with Crippen molar-refractivity contribution in [2.24, 2.45) is 0 Å². The second kappa shape index (κ2) is 9.00. The molecule has 0 heterocycles. The van der Waals surface area contributed by atoms with Crippen molar-refractivity contribution in [3.05, 3.63) is 63.2 Å². The first-order valence-corrected chi connectivity index (χ1v) is 8.50. The minimum Gasteiger partial charge on any atom is -0.450 e. The zero-order valence-corrected chi connectivity index (χ0v) is 15.4. The first-order chi connectivity index (χ1) is 12.8. The number of amides is 2. The molecule has 2 amide bonds. The van der Waals surface area contributed by atoms with Crippen LogP contribution in [-0.4, -0.2) is 29.3 Å². The van der Waals surface area contributed by atoms with Crippen LogP contribution in [0, 0.1) is 10.1 Å². The Morgan fingerprint density at radius 1 is 1.22 bits per heavy atom. The number of hydrogen-bond donors (Lipinski definition) is 2. The van der Waals surface area contributed by atoms with Gasteiger partial charge in [-0.15, -0.1) is 0 Å². The van der Waals surface area contributed by atoms with Gasteiger partial charge in [-0.1, -0.05) is 11.6 Å². The standard InChI is InChI=1S/C18H18ClN3O5/c1-3-20-17(23)11(2)21-18(24)12-4-7-14(8-5-12)27-16-9-6-13(19)10-15(16)22(25)26/h4-11H,3H2,1-2H3,(H,20,23)(H,21,24)/t11-/m1/s1. The molecule has 0 spiro atoms. The Morgan fingerprint density at radius 2 is 1.89 bits per heavy atom. The van der Waals surface area contributed by atoms with Gasteiger partial charge in [0.2, 0.25) is 11.7 Å². The summed E-state index contributed by atoms with van der Waals surface area (Å²) in [5.74, 6) is -0.348. The molecule has 0 bridgehead atoms. The lowest BCUT2D eigenvalue weighted by molar-refractivity contribution is -0.385. The Hall–Kier alpha value is -3.13. The number of carbonyl (C=O) groups excluding carboxylic acids is 2. The third-order valence-corrected chi connectivity index (χ3v) is 3.79. The third kappa shape index (κ3) is 5.42. The quantitative estimate of drug-likeness (QED) is 0.555. The fourth-order valence-electron chi connectivity index (χ4n) is 2.19. The molecule has 1 atom stereocenters. The van der Waals surface area contributed by atoms with Crippen molar-refractivity contribution in [1.82, 2.24) is 10.6 Å². The number of nitro groups is 1. The molecule has 2 N–H and O–H groups in total. The van der Waals surface area contributed by atoms with Crippen molar-refractivity contribution in [3.8, 4) is 11.5 Å². The molecule has 0 aliphatic heterocycles. The molecule has 0 unspecified atom stereocenters. The molecule has 142 valence electrons. The number of benzene rings is 2. The van der Waals surface area contributed by atoms with E-state index in [0.29, 0.717) is 17.9 Å². The number of nitrogens with one attached hydrogen (secondary N) is 2. The van der Waals surface area contributed by atoms with E-state index in [1.807, 2.05) is 0 Å². The average Bonchev–Trinajstić information content (AvgIpc) is 2.63. The molecule has 0 aliphatic carbocycles. The summed E-state index contributed by atoms with van der Waals surface area (Å²) in [5.41, 5.74) is 0.0594. The Kier molecular flexibility index (Phi) is 6.73. The maximum absolute atomic E-state index is 12.2. The van der Waals surface area contributed by atoms with E-state index < -0.39 is 16.9 Å². The van der Waals surface area contributed by atoms with Crippen molar-refractivity contribution in [2.45, 2.75) is 19.9 Å². The van der Waals surface area contributed by atoms with Gasteiger partial charge in [0.1, 0.15) is 11.8 Å². The highest BCUT2D eigenvalue weighted by Gasteiger charge is 2.18. The maximum atomic E-state index is 12.2. The van der Waals surface area contributed by atoms with Crippen LogP contribution in [0.2, 0.25) is 5.02 Å². The van der Waals surface area contributed by atoms with Crippen LogP contribution in [0.1, 0.15) is 24.2 Å². The van der Waals surface area contributed by atoms with E-state index in [-0.39, 0.29) is 22.4 Å². The number of halogens is 1.